The molecule has 0 aliphatic carbocycles. The number of hydrogen-bond acceptors (Lipinski definition) is 18. The molecule has 0 amide bonds. The lowest BCUT2D eigenvalue weighted by molar-refractivity contribution is -0.0682. The van der Waals surface area contributed by atoms with E-state index in [1.807, 2.05) is 0 Å². The molecule has 4 unspecified atom stereocenters. The Morgan fingerprint density at radius 3 is 2.33 bits per heavy atom. The van der Waals surface area contributed by atoms with Crippen molar-refractivity contribution in [1.29, 1.82) is 0 Å². The first-order valence-electron chi connectivity index (χ1n) is 13.9. The predicted octanol–water partition coefficient (Wildman–Crippen LogP) is -1.68. The van der Waals surface area contributed by atoms with Gasteiger partial charge in [-0.1, -0.05) is 5.92 Å². The summed E-state index contributed by atoms with van der Waals surface area (Å²) in [6.07, 6.45) is -2.90. The molecule has 3 aliphatic rings. The van der Waals surface area contributed by atoms with Gasteiger partial charge in [0.15, 0.2) is 35.1 Å². The van der Waals surface area contributed by atoms with Crippen LogP contribution in [0.1, 0.15) is 12.5 Å². The molecule has 4 aromatic rings. The molecular formula is C23H26N10O13P2. The van der Waals surface area contributed by atoms with E-state index in [4.69, 9.17) is 50.2 Å². The number of terminal acetylenes is 1. The van der Waals surface area contributed by atoms with E-state index in [-0.39, 0.29) is 40.7 Å². The van der Waals surface area contributed by atoms with Crippen molar-refractivity contribution < 1.29 is 56.3 Å². The van der Waals surface area contributed by atoms with Gasteiger partial charge in [-0.3, -0.25) is 37.0 Å². The fraction of sp³-hybridized carbons (Fsp3) is 0.478. The third kappa shape index (κ3) is 5.87. The highest BCUT2D eigenvalue weighted by molar-refractivity contribution is 7.47. The van der Waals surface area contributed by atoms with Crippen molar-refractivity contribution in [2.24, 2.45) is 0 Å². The molecule has 0 spiro atoms. The lowest BCUT2D eigenvalue weighted by Gasteiger charge is -2.27. The first-order valence-corrected chi connectivity index (χ1v) is 16.9. The summed E-state index contributed by atoms with van der Waals surface area (Å²) < 4.78 is 68.3. The zero-order valence-electron chi connectivity index (χ0n) is 24.2. The number of anilines is 2. The van der Waals surface area contributed by atoms with Crippen molar-refractivity contribution in [3.05, 3.63) is 29.3 Å². The Labute approximate surface area is 267 Å². The molecule has 0 radical (unpaired) electrons. The number of phosphoric ester groups is 2. The van der Waals surface area contributed by atoms with Crippen molar-refractivity contribution in [3.8, 4) is 12.3 Å². The summed E-state index contributed by atoms with van der Waals surface area (Å²) in [6.45, 7) is -1.92. The van der Waals surface area contributed by atoms with Crippen LogP contribution < -0.4 is 17.0 Å². The van der Waals surface area contributed by atoms with E-state index in [9.17, 15) is 28.8 Å². The molecule has 8 N–H and O–H groups in total. The number of aliphatic hydroxyl groups is 1. The van der Waals surface area contributed by atoms with Gasteiger partial charge in [-0.2, -0.15) is 4.98 Å². The van der Waals surface area contributed by atoms with E-state index < -0.39 is 83.5 Å². The second-order valence-electron chi connectivity index (χ2n) is 10.6. The molecule has 4 aromatic heterocycles. The lowest BCUT2D eigenvalue weighted by Crippen LogP contribution is -2.38. The predicted molar refractivity (Wildman–Crippen MR) is 156 cm³/mol. The summed E-state index contributed by atoms with van der Waals surface area (Å²) >= 11 is 0. The van der Waals surface area contributed by atoms with Gasteiger partial charge in [-0.25, -0.2) is 29.1 Å². The first-order chi connectivity index (χ1) is 22.9. The minimum absolute atomic E-state index is 0.0543. The van der Waals surface area contributed by atoms with Crippen LogP contribution in [0.15, 0.2) is 23.8 Å². The van der Waals surface area contributed by atoms with E-state index in [0.29, 0.717) is 0 Å². The molecule has 0 saturated carbocycles. The molecule has 0 aromatic carbocycles. The number of hydrogen-bond donors (Lipinski definition) is 6. The van der Waals surface area contributed by atoms with Crippen molar-refractivity contribution in [1.82, 2.24) is 39.0 Å². The van der Waals surface area contributed by atoms with Crippen LogP contribution in [-0.4, -0.2) is 110 Å². The number of aliphatic hydroxyl groups excluding tert-OH is 1. The number of nitrogens with zero attached hydrogens (tertiary/aromatic N) is 7. The fourth-order valence-electron chi connectivity index (χ4n) is 5.60. The second kappa shape index (κ2) is 12.2. The summed E-state index contributed by atoms with van der Waals surface area (Å²) in [5.41, 5.74) is 11.0. The molecule has 2 bridgehead atoms. The summed E-state index contributed by atoms with van der Waals surface area (Å²) in [5.74, 6) is 2.06. The van der Waals surface area contributed by atoms with E-state index >= 15 is 0 Å². The van der Waals surface area contributed by atoms with Crippen molar-refractivity contribution in [3.63, 3.8) is 0 Å². The number of nitrogens with two attached hydrogens (primary N) is 2. The van der Waals surface area contributed by atoms with E-state index in [1.165, 1.54) is 17.2 Å². The van der Waals surface area contributed by atoms with Gasteiger partial charge in [0, 0.05) is 0 Å². The number of fused-ring (bicyclic) bond motifs is 5. The Bertz CT molecular complexity index is 2070. The summed E-state index contributed by atoms with van der Waals surface area (Å²) in [4.78, 5) is 56.5. The highest BCUT2D eigenvalue weighted by Gasteiger charge is 2.54. The van der Waals surface area contributed by atoms with E-state index in [0.717, 1.165) is 10.9 Å². The molecule has 7 rings (SSSR count). The van der Waals surface area contributed by atoms with Crippen LogP contribution in [0.5, 0.6) is 0 Å². The van der Waals surface area contributed by atoms with Crippen molar-refractivity contribution in [2.45, 2.75) is 49.1 Å². The highest BCUT2D eigenvalue weighted by atomic mass is 31.2. The van der Waals surface area contributed by atoms with Crippen LogP contribution in [-0.2, 0) is 41.4 Å². The van der Waals surface area contributed by atoms with Gasteiger partial charge >= 0.3 is 15.6 Å². The number of imidazole rings is 2. The Hall–Kier alpha value is -3.88. The van der Waals surface area contributed by atoms with Crippen molar-refractivity contribution >= 4 is 49.7 Å². The minimum Gasteiger partial charge on any atom is -0.387 e. The number of ether oxygens (including phenoxy) is 3. The van der Waals surface area contributed by atoms with E-state index in [2.05, 4.69) is 35.8 Å². The maximum Gasteiger partial charge on any atom is 0.472 e. The molecule has 10 atom stereocenters. The maximum atomic E-state index is 13.4. The zero-order valence-corrected chi connectivity index (χ0v) is 25.9. The number of nitrogen functional groups attached to an aromatic ring is 2. The van der Waals surface area contributed by atoms with E-state index in [1.54, 1.807) is 0 Å². The quantitative estimate of drug-likeness (QED) is 0.102. The topological polar surface area (TPSA) is 319 Å². The highest BCUT2D eigenvalue weighted by Crippen LogP contribution is 2.54. The number of H-pyrrole nitrogens is 1. The monoisotopic (exact) mass is 712 g/mol. The number of aromatic amines is 1. The standard InChI is InChI=1S/C23H26N10O13P2/c1-2-3-40-16-14-10(44-22(16)32-7-28-11-17(24)26-6-27-18(11)32)5-42-48(38,39)46-15-13(34)9(4-41-47(36,37)45-14)43-21(15)33-8-29-12-19(33)30-23(25)31-20(12)35/h1,6-10,13-16,21-22,34H,3-5H2,(H,36,37)(H,38,39)(H2,24,26,27)(H3,25,30,31,35)/t9-,10-,13?,14+,15+,16?,21-,22-/m1/s1. The zero-order chi connectivity index (χ0) is 34.0. The number of rotatable bonds is 4. The van der Waals surface area contributed by atoms with Gasteiger partial charge in [0.2, 0.25) is 5.95 Å². The van der Waals surface area contributed by atoms with Crippen LogP contribution in [0.3, 0.4) is 0 Å². The molecule has 3 fully saturated rings. The van der Waals surface area contributed by atoms with Crippen LogP contribution in [0.4, 0.5) is 11.8 Å². The Balaban J connectivity index is 1.23. The van der Waals surface area contributed by atoms with Gasteiger partial charge in [-0.05, 0) is 0 Å². The largest absolute Gasteiger partial charge is 0.472 e. The average Bonchev–Trinajstić information content (AvgIpc) is 3.79. The Kier molecular flexibility index (Phi) is 8.31. The van der Waals surface area contributed by atoms with Gasteiger partial charge in [-0.15, -0.1) is 6.42 Å². The van der Waals surface area contributed by atoms with Gasteiger partial charge in [0.1, 0.15) is 55.1 Å². The number of phosphoric acid groups is 2. The second-order valence-corrected chi connectivity index (χ2v) is 13.4. The first kappa shape index (κ1) is 32.7. The van der Waals surface area contributed by atoms with Crippen LogP contribution in [0, 0.1) is 12.3 Å². The molecule has 3 aliphatic heterocycles. The summed E-state index contributed by atoms with van der Waals surface area (Å²) in [7, 11) is -10.2. The lowest BCUT2D eigenvalue weighted by atomic mass is 10.1. The SMILES string of the molecule is C#CCOC1[C@H]2OP(=O)(O)OC[C@H]3O[C@@H](n4cnc5c(=O)[nH]c(N)nc54)[C@@H](OP(=O)(O)OC[C@H]2O[C@H]1n1cnc2c(N)ncnc21)C3O. The molecule has 7 heterocycles. The molecule has 25 heteroatoms. The third-order valence-electron chi connectivity index (χ3n) is 7.66. The van der Waals surface area contributed by atoms with Gasteiger partial charge < -0.3 is 40.6 Å². The summed E-state index contributed by atoms with van der Waals surface area (Å²) in [5, 5.41) is 11.1. The average molecular weight is 712 g/mol. The Morgan fingerprint density at radius 1 is 0.958 bits per heavy atom. The van der Waals surface area contributed by atoms with Crippen LogP contribution in [0.25, 0.3) is 22.3 Å². The van der Waals surface area contributed by atoms with Crippen molar-refractivity contribution in [2.75, 3.05) is 31.3 Å². The van der Waals surface area contributed by atoms with Crippen LogP contribution >= 0.6 is 15.6 Å². The molecule has 256 valence electrons. The fourth-order valence-corrected chi connectivity index (χ4v) is 7.49. The van der Waals surface area contributed by atoms with Gasteiger partial charge in [0.25, 0.3) is 5.56 Å². The number of nitrogens with one attached hydrogen (secondary N) is 1. The molecule has 48 heavy (non-hydrogen) atoms. The third-order valence-corrected chi connectivity index (χ3v) is 9.63. The number of aromatic nitrogens is 8. The van der Waals surface area contributed by atoms with Crippen LogP contribution in [0.2, 0.25) is 0 Å². The molecule has 3 saturated heterocycles. The van der Waals surface area contributed by atoms with Gasteiger partial charge in [0.05, 0.1) is 25.9 Å². The molecular weight excluding hydrogens is 686 g/mol. The normalized spacial score (nSPS) is 35.9. The maximum absolute atomic E-state index is 13.4. The summed E-state index contributed by atoms with van der Waals surface area (Å²) in [6, 6.07) is 0. The smallest absolute Gasteiger partial charge is 0.387 e. The minimum atomic E-state index is -5.13. The molecule has 23 nitrogen and oxygen atoms in total. The Morgan fingerprint density at radius 2 is 1.60 bits per heavy atom.